The van der Waals surface area contributed by atoms with Gasteiger partial charge in [-0.15, -0.1) is 0 Å². The Labute approximate surface area is 145 Å². The van der Waals surface area contributed by atoms with E-state index in [1.807, 2.05) is 0 Å². The number of nitrogens with one attached hydrogen (secondary N) is 1. The maximum absolute atomic E-state index is 12.7. The smallest absolute Gasteiger partial charge is 0.253 e. The minimum absolute atomic E-state index is 0.0465. The molecule has 24 heavy (non-hydrogen) atoms. The van der Waals surface area contributed by atoms with E-state index in [0.717, 1.165) is 36.9 Å². The van der Waals surface area contributed by atoms with Gasteiger partial charge in [-0.3, -0.25) is 4.79 Å². The molecule has 1 aromatic rings. The summed E-state index contributed by atoms with van der Waals surface area (Å²) in [7, 11) is 0. The summed E-state index contributed by atoms with van der Waals surface area (Å²) in [5.41, 5.74) is 3.15. The standard InChI is InChI=1S/C20H32N2O2/c1-14-11-19(15(2)22(14)17-8-4-3-5-9-17)20(24)21-13-16-7-6-10-18(23)12-16/h11,16-18,23H,3-10,12-13H2,1-2H3,(H,21,24). The summed E-state index contributed by atoms with van der Waals surface area (Å²) < 4.78 is 2.39. The van der Waals surface area contributed by atoms with Gasteiger partial charge < -0.3 is 15.0 Å². The Morgan fingerprint density at radius 3 is 2.62 bits per heavy atom. The quantitative estimate of drug-likeness (QED) is 0.879. The monoisotopic (exact) mass is 332 g/mol. The van der Waals surface area contributed by atoms with Crippen LogP contribution in [0.1, 0.15) is 85.6 Å². The van der Waals surface area contributed by atoms with E-state index in [0.29, 0.717) is 18.5 Å². The minimum atomic E-state index is -0.183. The number of carbonyl (C=O) groups excluding carboxylic acids is 1. The third-order valence-electron chi connectivity index (χ3n) is 5.98. The summed E-state index contributed by atoms with van der Waals surface area (Å²) in [6.45, 7) is 4.89. The Morgan fingerprint density at radius 2 is 1.92 bits per heavy atom. The molecule has 0 radical (unpaired) electrons. The summed E-state index contributed by atoms with van der Waals surface area (Å²) >= 11 is 0. The summed E-state index contributed by atoms with van der Waals surface area (Å²) in [6.07, 6.45) is 10.1. The van der Waals surface area contributed by atoms with E-state index in [4.69, 9.17) is 0 Å². The van der Waals surface area contributed by atoms with Crippen molar-refractivity contribution < 1.29 is 9.90 Å². The van der Waals surface area contributed by atoms with Crippen molar-refractivity contribution >= 4 is 5.91 Å². The molecule has 2 atom stereocenters. The van der Waals surface area contributed by atoms with Crippen molar-refractivity contribution in [3.05, 3.63) is 23.0 Å². The van der Waals surface area contributed by atoms with Gasteiger partial charge in [-0.2, -0.15) is 0 Å². The number of hydrogen-bond acceptors (Lipinski definition) is 2. The lowest BCUT2D eigenvalue weighted by molar-refractivity contribution is 0.0873. The predicted molar refractivity (Wildman–Crippen MR) is 96.3 cm³/mol. The van der Waals surface area contributed by atoms with Crippen molar-refractivity contribution in [2.75, 3.05) is 6.54 Å². The molecule has 0 aromatic carbocycles. The number of aliphatic hydroxyl groups excluding tert-OH is 1. The molecule has 2 aliphatic rings. The summed E-state index contributed by atoms with van der Waals surface area (Å²) in [4.78, 5) is 12.7. The van der Waals surface area contributed by atoms with Crippen LogP contribution in [0.25, 0.3) is 0 Å². The topological polar surface area (TPSA) is 54.3 Å². The zero-order valence-electron chi connectivity index (χ0n) is 15.2. The summed E-state index contributed by atoms with van der Waals surface area (Å²) in [5, 5.41) is 12.9. The van der Waals surface area contributed by atoms with Crippen LogP contribution in [0.2, 0.25) is 0 Å². The van der Waals surface area contributed by atoms with E-state index < -0.39 is 0 Å². The van der Waals surface area contributed by atoms with Crippen molar-refractivity contribution in [2.24, 2.45) is 5.92 Å². The van der Waals surface area contributed by atoms with Gasteiger partial charge in [-0.25, -0.2) is 0 Å². The van der Waals surface area contributed by atoms with E-state index in [1.165, 1.54) is 37.8 Å². The normalized spacial score (nSPS) is 25.6. The van der Waals surface area contributed by atoms with Crippen LogP contribution in [0.3, 0.4) is 0 Å². The largest absolute Gasteiger partial charge is 0.393 e. The first-order valence-corrected chi connectivity index (χ1v) is 9.71. The second kappa shape index (κ2) is 7.73. The van der Waals surface area contributed by atoms with Gasteiger partial charge in [0.1, 0.15) is 0 Å². The maximum atomic E-state index is 12.7. The second-order valence-electron chi connectivity index (χ2n) is 7.84. The first-order valence-electron chi connectivity index (χ1n) is 9.71. The SMILES string of the molecule is Cc1cc(C(=O)NCC2CCCC(O)C2)c(C)n1C1CCCCC1. The molecule has 4 nitrogen and oxygen atoms in total. The zero-order chi connectivity index (χ0) is 17.1. The van der Waals surface area contributed by atoms with Gasteiger partial charge in [0, 0.05) is 24.0 Å². The molecule has 1 aromatic heterocycles. The molecule has 0 saturated heterocycles. The molecule has 1 heterocycles. The van der Waals surface area contributed by atoms with E-state index in [-0.39, 0.29) is 12.0 Å². The van der Waals surface area contributed by atoms with Crippen molar-refractivity contribution in [3.63, 3.8) is 0 Å². The molecule has 0 spiro atoms. The van der Waals surface area contributed by atoms with Gasteiger partial charge >= 0.3 is 0 Å². The van der Waals surface area contributed by atoms with Gasteiger partial charge in [0.2, 0.25) is 0 Å². The Bertz CT molecular complexity index is 572. The zero-order valence-corrected chi connectivity index (χ0v) is 15.2. The number of nitrogens with zero attached hydrogens (tertiary/aromatic N) is 1. The molecule has 2 N–H and O–H groups in total. The van der Waals surface area contributed by atoms with Gasteiger partial charge in [-0.1, -0.05) is 25.7 Å². The number of aliphatic hydroxyl groups is 1. The van der Waals surface area contributed by atoms with Crippen LogP contribution in [-0.2, 0) is 0 Å². The fraction of sp³-hybridized carbons (Fsp3) is 0.750. The maximum Gasteiger partial charge on any atom is 0.253 e. The van der Waals surface area contributed by atoms with E-state index in [2.05, 4.69) is 29.8 Å². The first-order chi connectivity index (χ1) is 11.6. The number of rotatable bonds is 4. The molecular formula is C20H32N2O2. The third kappa shape index (κ3) is 3.85. The van der Waals surface area contributed by atoms with Crippen LogP contribution in [-0.4, -0.2) is 28.2 Å². The Balaban J connectivity index is 1.64. The molecule has 0 bridgehead atoms. The molecule has 134 valence electrons. The van der Waals surface area contributed by atoms with E-state index in [1.54, 1.807) is 0 Å². The number of amides is 1. The molecule has 2 aliphatic carbocycles. The average Bonchev–Trinajstić information content (AvgIpc) is 2.88. The Hall–Kier alpha value is -1.29. The molecule has 2 unspecified atom stereocenters. The second-order valence-corrected chi connectivity index (χ2v) is 7.84. The summed E-state index contributed by atoms with van der Waals surface area (Å²) in [6, 6.07) is 2.61. The Kier molecular flexibility index (Phi) is 5.65. The fourth-order valence-corrected chi connectivity index (χ4v) is 4.69. The van der Waals surface area contributed by atoms with Crippen molar-refractivity contribution in [3.8, 4) is 0 Å². The molecule has 0 aliphatic heterocycles. The summed E-state index contributed by atoms with van der Waals surface area (Å²) in [5.74, 6) is 0.463. The van der Waals surface area contributed by atoms with Gasteiger partial charge in [0.05, 0.1) is 11.7 Å². The lowest BCUT2D eigenvalue weighted by Gasteiger charge is -2.27. The minimum Gasteiger partial charge on any atom is -0.393 e. The number of hydrogen-bond donors (Lipinski definition) is 2. The van der Waals surface area contributed by atoms with Crippen molar-refractivity contribution in [2.45, 2.75) is 83.8 Å². The number of aromatic nitrogens is 1. The average molecular weight is 332 g/mol. The van der Waals surface area contributed by atoms with Gasteiger partial charge in [0.15, 0.2) is 0 Å². The molecule has 2 saturated carbocycles. The fourth-order valence-electron chi connectivity index (χ4n) is 4.69. The highest BCUT2D eigenvalue weighted by Crippen LogP contribution is 2.32. The molecule has 2 fully saturated rings. The molecule has 4 heteroatoms. The molecular weight excluding hydrogens is 300 g/mol. The highest BCUT2D eigenvalue weighted by Gasteiger charge is 2.24. The van der Waals surface area contributed by atoms with Crippen LogP contribution in [0, 0.1) is 19.8 Å². The lowest BCUT2D eigenvalue weighted by Crippen LogP contribution is -2.33. The van der Waals surface area contributed by atoms with Crippen molar-refractivity contribution in [1.29, 1.82) is 0 Å². The molecule has 3 rings (SSSR count). The molecule has 1 amide bonds. The first kappa shape index (κ1) is 17.5. The number of carbonyl (C=O) groups is 1. The van der Waals surface area contributed by atoms with Crippen molar-refractivity contribution in [1.82, 2.24) is 9.88 Å². The van der Waals surface area contributed by atoms with Crippen LogP contribution in [0.15, 0.2) is 6.07 Å². The van der Waals surface area contributed by atoms with Crippen LogP contribution < -0.4 is 5.32 Å². The van der Waals surface area contributed by atoms with E-state index in [9.17, 15) is 9.90 Å². The highest BCUT2D eigenvalue weighted by molar-refractivity contribution is 5.95. The Morgan fingerprint density at radius 1 is 1.17 bits per heavy atom. The van der Waals surface area contributed by atoms with Gasteiger partial charge in [0.25, 0.3) is 5.91 Å². The highest BCUT2D eigenvalue weighted by atomic mass is 16.3. The van der Waals surface area contributed by atoms with Gasteiger partial charge in [-0.05, 0) is 57.9 Å². The van der Waals surface area contributed by atoms with Crippen LogP contribution in [0.5, 0.6) is 0 Å². The predicted octanol–water partition coefficient (Wildman–Crippen LogP) is 3.89. The van der Waals surface area contributed by atoms with Crippen LogP contribution in [0.4, 0.5) is 0 Å². The number of aryl methyl sites for hydroxylation is 1. The lowest BCUT2D eigenvalue weighted by atomic mass is 9.87. The third-order valence-corrected chi connectivity index (χ3v) is 5.98. The van der Waals surface area contributed by atoms with Crippen LogP contribution >= 0.6 is 0 Å². The van der Waals surface area contributed by atoms with E-state index >= 15 is 0 Å².